The van der Waals surface area contributed by atoms with Gasteiger partial charge in [0, 0.05) is 14.8 Å². The van der Waals surface area contributed by atoms with Crippen LogP contribution < -0.4 is 9.64 Å². The molecular formula is C23H16ClNO2S3. The Bertz CT molecular complexity index is 1130. The van der Waals surface area contributed by atoms with Gasteiger partial charge in [0.05, 0.1) is 17.7 Å². The number of nitrogens with zero attached hydrogens (tertiary/aromatic N) is 1. The summed E-state index contributed by atoms with van der Waals surface area (Å²) in [5.74, 6) is 0.606. The number of benzene rings is 3. The molecule has 4 rings (SSSR count). The highest BCUT2D eigenvalue weighted by Gasteiger charge is 2.33. The van der Waals surface area contributed by atoms with Crippen molar-refractivity contribution in [3.8, 4) is 5.75 Å². The Kier molecular flexibility index (Phi) is 6.49. The highest BCUT2D eigenvalue weighted by molar-refractivity contribution is 8.27. The molecule has 1 aliphatic rings. The first-order valence-corrected chi connectivity index (χ1v) is 11.4. The third-order valence-corrected chi connectivity index (χ3v) is 7.03. The van der Waals surface area contributed by atoms with Crippen LogP contribution in [0.3, 0.4) is 0 Å². The molecule has 150 valence electrons. The van der Waals surface area contributed by atoms with Crippen molar-refractivity contribution in [3.63, 3.8) is 0 Å². The van der Waals surface area contributed by atoms with Crippen molar-refractivity contribution in [2.24, 2.45) is 0 Å². The van der Waals surface area contributed by atoms with Crippen molar-refractivity contribution < 1.29 is 9.53 Å². The van der Waals surface area contributed by atoms with Crippen LogP contribution in [0.2, 0.25) is 5.02 Å². The summed E-state index contributed by atoms with van der Waals surface area (Å²) < 4.78 is 5.70. The number of thiocarbonyl (C=S) groups is 1. The molecule has 1 aliphatic heterocycles. The number of halogens is 1. The molecule has 7 heteroatoms. The summed E-state index contributed by atoms with van der Waals surface area (Å²) in [6.45, 7) is 0. The van der Waals surface area contributed by atoms with Gasteiger partial charge in [0.25, 0.3) is 5.91 Å². The van der Waals surface area contributed by atoms with Crippen LogP contribution in [0.5, 0.6) is 5.75 Å². The first-order chi connectivity index (χ1) is 14.5. The van der Waals surface area contributed by atoms with Gasteiger partial charge >= 0.3 is 0 Å². The van der Waals surface area contributed by atoms with Crippen LogP contribution in [0, 0.1) is 0 Å². The van der Waals surface area contributed by atoms with E-state index in [1.807, 2.05) is 78.9 Å². The van der Waals surface area contributed by atoms with E-state index in [4.69, 9.17) is 28.6 Å². The quantitative estimate of drug-likeness (QED) is 0.299. The van der Waals surface area contributed by atoms with Gasteiger partial charge in [0.15, 0.2) is 4.32 Å². The second-order valence-electron chi connectivity index (χ2n) is 6.31. The minimum Gasteiger partial charge on any atom is -0.497 e. The van der Waals surface area contributed by atoms with E-state index in [-0.39, 0.29) is 5.91 Å². The minimum absolute atomic E-state index is 0.124. The summed E-state index contributed by atoms with van der Waals surface area (Å²) >= 11 is 14.4. The van der Waals surface area contributed by atoms with Crippen LogP contribution in [0.1, 0.15) is 5.56 Å². The van der Waals surface area contributed by atoms with E-state index in [1.54, 1.807) is 23.8 Å². The number of anilines is 1. The summed E-state index contributed by atoms with van der Waals surface area (Å²) in [5, 5.41) is 0.704. The standard InChI is InChI=1S/C23H16ClNO2S3/c1-27-18-10-8-17(9-11-18)25-22(26)21(30-23(25)28)14-15-4-2-3-5-20(15)29-19-12-6-16(24)7-13-19/h2-14H,1H3/b21-14-. The van der Waals surface area contributed by atoms with E-state index in [9.17, 15) is 4.79 Å². The fraction of sp³-hybridized carbons (Fsp3) is 0.0435. The van der Waals surface area contributed by atoms with E-state index >= 15 is 0 Å². The number of rotatable bonds is 5. The Hall–Kier alpha value is -2.25. The zero-order valence-electron chi connectivity index (χ0n) is 15.9. The molecule has 0 spiro atoms. The van der Waals surface area contributed by atoms with Gasteiger partial charge in [-0.3, -0.25) is 9.69 Å². The monoisotopic (exact) mass is 469 g/mol. The fourth-order valence-electron chi connectivity index (χ4n) is 2.89. The first-order valence-electron chi connectivity index (χ1n) is 8.99. The number of methoxy groups -OCH3 is 1. The Balaban J connectivity index is 1.61. The molecule has 0 atom stereocenters. The molecule has 1 heterocycles. The number of carbonyl (C=O) groups is 1. The molecule has 0 radical (unpaired) electrons. The Morgan fingerprint density at radius 3 is 2.43 bits per heavy atom. The molecule has 0 saturated carbocycles. The van der Waals surface area contributed by atoms with Crippen LogP contribution in [0.25, 0.3) is 6.08 Å². The van der Waals surface area contributed by atoms with Gasteiger partial charge in [-0.25, -0.2) is 0 Å². The Labute approximate surface area is 194 Å². The fourth-order valence-corrected chi connectivity index (χ4v) is 5.22. The highest BCUT2D eigenvalue weighted by atomic mass is 35.5. The zero-order chi connectivity index (χ0) is 21.1. The molecule has 0 bridgehead atoms. The second-order valence-corrected chi connectivity index (χ2v) is 9.54. The molecule has 3 aromatic carbocycles. The molecule has 1 saturated heterocycles. The van der Waals surface area contributed by atoms with E-state index < -0.39 is 0 Å². The SMILES string of the molecule is COc1ccc(N2C(=O)/C(=C/c3ccccc3Sc3ccc(Cl)cc3)SC2=S)cc1. The second kappa shape index (κ2) is 9.27. The van der Waals surface area contributed by atoms with E-state index in [1.165, 1.54) is 11.8 Å². The zero-order valence-corrected chi connectivity index (χ0v) is 19.1. The van der Waals surface area contributed by atoms with Crippen molar-refractivity contribution in [1.82, 2.24) is 0 Å². The molecule has 0 N–H and O–H groups in total. The molecule has 0 unspecified atom stereocenters. The van der Waals surface area contributed by atoms with Gasteiger partial charge in [-0.05, 0) is 66.2 Å². The summed E-state index contributed by atoms with van der Waals surface area (Å²) in [5.41, 5.74) is 1.69. The number of carbonyl (C=O) groups excluding carboxylic acids is 1. The van der Waals surface area contributed by atoms with Crippen molar-refractivity contribution in [3.05, 3.63) is 88.3 Å². The maximum atomic E-state index is 13.1. The number of ether oxygens (including phenoxy) is 1. The molecule has 0 aliphatic carbocycles. The predicted octanol–water partition coefficient (Wildman–Crippen LogP) is 6.91. The molecule has 3 aromatic rings. The third kappa shape index (κ3) is 4.57. The average molecular weight is 470 g/mol. The maximum Gasteiger partial charge on any atom is 0.270 e. The number of hydrogen-bond acceptors (Lipinski definition) is 5. The Morgan fingerprint density at radius 2 is 1.73 bits per heavy atom. The predicted molar refractivity (Wildman–Crippen MR) is 131 cm³/mol. The topological polar surface area (TPSA) is 29.5 Å². The van der Waals surface area contributed by atoms with Crippen LogP contribution in [-0.2, 0) is 4.79 Å². The van der Waals surface area contributed by atoms with Crippen molar-refractivity contribution in [2.45, 2.75) is 9.79 Å². The van der Waals surface area contributed by atoms with Gasteiger partial charge in [-0.1, -0.05) is 65.5 Å². The largest absolute Gasteiger partial charge is 0.497 e. The lowest BCUT2D eigenvalue weighted by atomic mass is 10.2. The van der Waals surface area contributed by atoms with Crippen molar-refractivity contribution in [2.75, 3.05) is 12.0 Å². The molecule has 30 heavy (non-hydrogen) atoms. The van der Waals surface area contributed by atoms with Gasteiger partial charge in [-0.2, -0.15) is 0 Å². The van der Waals surface area contributed by atoms with Crippen LogP contribution >= 0.6 is 47.3 Å². The maximum absolute atomic E-state index is 13.1. The summed E-state index contributed by atoms with van der Waals surface area (Å²) in [7, 11) is 1.61. The van der Waals surface area contributed by atoms with Gasteiger partial charge in [0.2, 0.25) is 0 Å². The number of thioether (sulfide) groups is 1. The van der Waals surface area contributed by atoms with E-state index in [2.05, 4.69) is 0 Å². The highest BCUT2D eigenvalue weighted by Crippen LogP contribution is 2.38. The van der Waals surface area contributed by atoms with Gasteiger partial charge in [-0.15, -0.1) is 0 Å². The van der Waals surface area contributed by atoms with E-state index in [0.717, 1.165) is 26.8 Å². The van der Waals surface area contributed by atoms with Crippen LogP contribution in [0.4, 0.5) is 5.69 Å². The Morgan fingerprint density at radius 1 is 1.03 bits per heavy atom. The van der Waals surface area contributed by atoms with Gasteiger partial charge in [0.1, 0.15) is 5.75 Å². The smallest absolute Gasteiger partial charge is 0.270 e. The molecule has 3 nitrogen and oxygen atoms in total. The number of hydrogen-bond donors (Lipinski definition) is 0. The van der Waals surface area contributed by atoms with Crippen molar-refractivity contribution >= 4 is 69.3 Å². The summed E-state index contributed by atoms with van der Waals surface area (Å²) in [6.07, 6.45) is 1.90. The normalized spacial score (nSPS) is 15.1. The lowest BCUT2D eigenvalue weighted by Gasteiger charge is -2.14. The molecular weight excluding hydrogens is 454 g/mol. The summed E-state index contributed by atoms with van der Waals surface area (Å²) in [6, 6.07) is 23.0. The van der Waals surface area contributed by atoms with Crippen LogP contribution in [-0.4, -0.2) is 17.3 Å². The number of amides is 1. The molecule has 1 amide bonds. The average Bonchev–Trinajstić information content (AvgIpc) is 3.04. The summed E-state index contributed by atoms with van der Waals surface area (Å²) in [4.78, 5) is 17.4. The molecule has 0 aromatic heterocycles. The lowest BCUT2D eigenvalue weighted by molar-refractivity contribution is -0.113. The minimum atomic E-state index is -0.124. The van der Waals surface area contributed by atoms with Crippen molar-refractivity contribution in [1.29, 1.82) is 0 Å². The van der Waals surface area contributed by atoms with E-state index in [0.29, 0.717) is 14.2 Å². The van der Waals surface area contributed by atoms with Gasteiger partial charge < -0.3 is 4.74 Å². The first kappa shape index (κ1) is 21.0. The third-order valence-electron chi connectivity index (χ3n) is 4.37. The molecule has 1 fully saturated rings. The lowest BCUT2D eigenvalue weighted by Crippen LogP contribution is -2.27. The van der Waals surface area contributed by atoms with Crippen LogP contribution in [0.15, 0.2) is 87.5 Å².